The van der Waals surface area contributed by atoms with Crippen LogP contribution in [0.4, 0.5) is 5.69 Å². The average Bonchev–Trinajstić information content (AvgIpc) is 2.42. The zero-order valence-electron chi connectivity index (χ0n) is 10.9. The number of aryl methyl sites for hydroxylation is 1. The number of halogens is 1. The van der Waals surface area contributed by atoms with Crippen molar-refractivity contribution in [1.82, 2.24) is 0 Å². The maximum atomic E-state index is 5.10. The summed E-state index contributed by atoms with van der Waals surface area (Å²) in [7, 11) is 1.65. The summed E-state index contributed by atoms with van der Waals surface area (Å²) in [5, 5.41) is 4.21. The maximum Gasteiger partial charge on any atom is 0.119 e. The number of benzene rings is 2. The Balaban J connectivity index is 2.02. The molecule has 0 heterocycles. The number of hydrogen-bond donors (Lipinski definition) is 1. The zero-order valence-corrected chi connectivity index (χ0v) is 12.4. The van der Waals surface area contributed by atoms with Crippen LogP contribution in [-0.2, 0) is 0 Å². The molecule has 1 N–H and O–H groups in total. The molecule has 0 unspecified atom stereocenters. The topological polar surface area (TPSA) is 33.6 Å². The molecule has 0 spiro atoms. The molecule has 0 atom stereocenters. The van der Waals surface area contributed by atoms with Gasteiger partial charge in [0.05, 0.1) is 19.0 Å². The van der Waals surface area contributed by atoms with Gasteiger partial charge < -0.3 is 4.74 Å². The maximum absolute atomic E-state index is 5.10. The molecular weight excluding hydrogens is 304 g/mol. The minimum Gasteiger partial charge on any atom is -0.497 e. The fourth-order valence-electron chi connectivity index (χ4n) is 1.58. The molecular formula is C15H15BrN2O. The lowest BCUT2D eigenvalue weighted by Crippen LogP contribution is -1.92. The molecule has 4 heteroatoms. The molecule has 19 heavy (non-hydrogen) atoms. The summed E-state index contributed by atoms with van der Waals surface area (Å²) < 4.78 is 6.13. The van der Waals surface area contributed by atoms with Gasteiger partial charge in [0.15, 0.2) is 0 Å². The molecule has 0 aliphatic rings. The van der Waals surface area contributed by atoms with Crippen molar-refractivity contribution in [3.8, 4) is 5.75 Å². The van der Waals surface area contributed by atoms with Crippen molar-refractivity contribution in [3.05, 3.63) is 58.1 Å². The molecule has 0 saturated heterocycles. The molecule has 0 saturated carbocycles. The third-order valence-electron chi connectivity index (χ3n) is 2.64. The first kappa shape index (κ1) is 13.6. The quantitative estimate of drug-likeness (QED) is 0.676. The van der Waals surface area contributed by atoms with Gasteiger partial charge >= 0.3 is 0 Å². The van der Waals surface area contributed by atoms with Gasteiger partial charge in [0.25, 0.3) is 0 Å². The highest BCUT2D eigenvalue weighted by atomic mass is 79.9. The first-order valence-electron chi connectivity index (χ1n) is 5.88. The van der Waals surface area contributed by atoms with Crippen molar-refractivity contribution >= 4 is 27.8 Å². The van der Waals surface area contributed by atoms with Crippen molar-refractivity contribution in [3.63, 3.8) is 0 Å². The van der Waals surface area contributed by atoms with Crippen molar-refractivity contribution < 1.29 is 4.74 Å². The van der Waals surface area contributed by atoms with Gasteiger partial charge in [-0.15, -0.1) is 0 Å². The van der Waals surface area contributed by atoms with E-state index in [1.54, 1.807) is 13.3 Å². The number of rotatable bonds is 4. The van der Waals surface area contributed by atoms with Crippen molar-refractivity contribution in [1.29, 1.82) is 0 Å². The monoisotopic (exact) mass is 318 g/mol. The number of nitrogens with one attached hydrogen (secondary N) is 1. The predicted octanol–water partition coefficient (Wildman–Crippen LogP) is 4.21. The molecule has 0 aromatic heterocycles. The van der Waals surface area contributed by atoms with Crippen molar-refractivity contribution in [2.24, 2.45) is 5.10 Å². The van der Waals surface area contributed by atoms with Gasteiger partial charge in [-0.3, -0.25) is 5.43 Å². The van der Waals surface area contributed by atoms with E-state index in [1.807, 2.05) is 30.3 Å². The van der Waals surface area contributed by atoms with E-state index < -0.39 is 0 Å². The van der Waals surface area contributed by atoms with Gasteiger partial charge in [-0.25, -0.2) is 0 Å². The molecule has 98 valence electrons. The van der Waals surface area contributed by atoms with Crippen LogP contribution in [0.1, 0.15) is 11.1 Å². The highest BCUT2D eigenvalue weighted by Crippen LogP contribution is 2.17. The van der Waals surface area contributed by atoms with Gasteiger partial charge in [-0.05, 0) is 42.8 Å². The normalized spacial score (nSPS) is 10.7. The van der Waals surface area contributed by atoms with E-state index >= 15 is 0 Å². The second-order valence-electron chi connectivity index (χ2n) is 4.12. The molecule has 0 radical (unpaired) electrons. The Hall–Kier alpha value is -1.81. The number of methoxy groups -OCH3 is 1. The van der Waals surface area contributed by atoms with E-state index in [4.69, 9.17) is 4.74 Å². The minimum atomic E-state index is 0.829. The molecule has 0 aliphatic heterocycles. The Morgan fingerprint density at radius 3 is 2.53 bits per heavy atom. The SMILES string of the molecule is COc1ccc(N/N=C/c2ccc(C)cc2Br)cc1. The molecule has 3 nitrogen and oxygen atoms in total. The van der Waals surface area contributed by atoms with E-state index in [-0.39, 0.29) is 0 Å². The first-order valence-corrected chi connectivity index (χ1v) is 6.67. The summed E-state index contributed by atoms with van der Waals surface area (Å²) in [6, 6.07) is 13.8. The number of hydrogen-bond acceptors (Lipinski definition) is 3. The van der Waals surface area contributed by atoms with E-state index in [9.17, 15) is 0 Å². The van der Waals surface area contributed by atoms with Crippen LogP contribution in [0.2, 0.25) is 0 Å². The number of anilines is 1. The van der Waals surface area contributed by atoms with Crippen LogP contribution in [0.3, 0.4) is 0 Å². The lowest BCUT2D eigenvalue weighted by molar-refractivity contribution is 0.415. The van der Waals surface area contributed by atoms with Crippen LogP contribution < -0.4 is 10.2 Å². The highest BCUT2D eigenvalue weighted by molar-refractivity contribution is 9.10. The summed E-state index contributed by atoms with van der Waals surface area (Å²) in [4.78, 5) is 0. The van der Waals surface area contributed by atoms with Crippen LogP contribution in [0, 0.1) is 6.92 Å². The smallest absolute Gasteiger partial charge is 0.119 e. The summed E-state index contributed by atoms with van der Waals surface area (Å²) in [6.45, 7) is 2.06. The summed E-state index contributed by atoms with van der Waals surface area (Å²) in [5.41, 5.74) is 6.15. The van der Waals surface area contributed by atoms with Gasteiger partial charge in [0, 0.05) is 10.0 Å². The molecule has 0 fully saturated rings. The van der Waals surface area contributed by atoms with E-state index in [1.165, 1.54) is 5.56 Å². The second kappa shape index (κ2) is 6.38. The Morgan fingerprint density at radius 1 is 1.16 bits per heavy atom. The summed E-state index contributed by atoms with van der Waals surface area (Å²) >= 11 is 3.52. The Morgan fingerprint density at radius 2 is 1.89 bits per heavy atom. The van der Waals surface area contributed by atoms with Crippen LogP contribution in [0.25, 0.3) is 0 Å². The highest BCUT2D eigenvalue weighted by Gasteiger charge is 1.96. The second-order valence-corrected chi connectivity index (χ2v) is 4.98. The lowest BCUT2D eigenvalue weighted by atomic mass is 10.2. The Bertz CT molecular complexity index is 579. The van der Waals surface area contributed by atoms with Gasteiger partial charge in [-0.2, -0.15) is 5.10 Å². The largest absolute Gasteiger partial charge is 0.497 e. The number of ether oxygens (including phenoxy) is 1. The van der Waals surface area contributed by atoms with Crippen molar-refractivity contribution in [2.75, 3.05) is 12.5 Å². The van der Waals surface area contributed by atoms with Crippen molar-refractivity contribution in [2.45, 2.75) is 6.92 Å². The molecule has 2 aromatic carbocycles. The minimum absolute atomic E-state index is 0.829. The number of hydrazone groups is 1. The van der Waals surface area contributed by atoms with E-state index in [0.717, 1.165) is 21.5 Å². The van der Waals surface area contributed by atoms with Crippen LogP contribution in [0.5, 0.6) is 5.75 Å². The van der Waals surface area contributed by atoms with Gasteiger partial charge in [-0.1, -0.05) is 28.1 Å². The van der Waals surface area contributed by atoms with E-state index in [2.05, 4.69) is 45.5 Å². The van der Waals surface area contributed by atoms with E-state index in [0.29, 0.717) is 0 Å². The molecule has 0 bridgehead atoms. The number of nitrogens with zero attached hydrogens (tertiary/aromatic N) is 1. The molecule has 2 rings (SSSR count). The fourth-order valence-corrected chi connectivity index (χ4v) is 2.17. The molecule has 0 aliphatic carbocycles. The summed E-state index contributed by atoms with van der Waals surface area (Å²) in [5.74, 6) is 0.829. The fraction of sp³-hybridized carbons (Fsp3) is 0.133. The average molecular weight is 319 g/mol. The predicted molar refractivity (Wildman–Crippen MR) is 83.1 cm³/mol. The van der Waals surface area contributed by atoms with Crippen LogP contribution >= 0.6 is 15.9 Å². The van der Waals surface area contributed by atoms with Crippen LogP contribution in [-0.4, -0.2) is 13.3 Å². The summed E-state index contributed by atoms with van der Waals surface area (Å²) in [6.07, 6.45) is 1.79. The first-order chi connectivity index (χ1) is 9.19. The molecule has 0 amide bonds. The Labute approximate surface area is 121 Å². The third-order valence-corrected chi connectivity index (χ3v) is 3.33. The standard InChI is InChI=1S/C15H15BrN2O/c1-11-3-4-12(15(16)9-11)10-17-18-13-5-7-14(19-2)8-6-13/h3-10,18H,1-2H3/b17-10+. The van der Waals surface area contributed by atoms with Gasteiger partial charge in [0.2, 0.25) is 0 Å². The molecule has 2 aromatic rings. The zero-order chi connectivity index (χ0) is 13.7. The third kappa shape index (κ3) is 3.83. The van der Waals surface area contributed by atoms with Gasteiger partial charge in [0.1, 0.15) is 5.75 Å². The van der Waals surface area contributed by atoms with Crippen LogP contribution in [0.15, 0.2) is 52.0 Å². The Kier molecular flexibility index (Phi) is 4.58. The lowest BCUT2D eigenvalue weighted by Gasteiger charge is -2.03.